The first-order valence-corrected chi connectivity index (χ1v) is 7.13. The quantitative estimate of drug-likeness (QED) is 0.687. The van der Waals surface area contributed by atoms with Crippen molar-refractivity contribution in [1.29, 1.82) is 0 Å². The summed E-state index contributed by atoms with van der Waals surface area (Å²) in [5.41, 5.74) is 15.6. The lowest BCUT2D eigenvalue weighted by molar-refractivity contribution is 0.628. The number of halogens is 1. The zero-order chi connectivity index (χ0) is 16.6. The summed E-state index contributed by atoms with van der Waals surface area (Å²) in [5.74, 6) is 0.129. The number of aryl methyl sites for hydroxylation is 2. The van der Waals surface area contributed by atoms with Crippen molar-refractivity contribution in [1.82, 2.24) is 15.0 Å². The van der Waals surface area contributed by atoms with Gasteiger partial charge >= 0.3 is 0 Å². The van der Waals surface area contributed by atoms with E-state index in [0.29, 0.717) is 23.4 Å². The molecular formula is C16H17FN6. The molecule has 0 aliphatic carbocycles. The molecule has 2 heterocycles. The van der Waals surface area contributed by atoms with Gasteiger partial charge in [-0.1, -0.05) is 6.07 Å². The van der Waals surface area contributed by atoms with Crippen molar-refractivity contribution in [2.75, 3.05) is 16.8 Å². The van der Waals surface area contributed by atoms with E-state index < -0.39 is 0 Å². The maximum atomic E-state index is 13.4. The van der Waals surface area contributed by atoms with E-state index in [9.17, 15) is 4.39 Å². The molecule has 1 aromatic carbocycles. The molecule has 0 saturated carbocycles. The molecule has 0 aliphatic heterocycles. The number of nitrogens with two attached hydrogens (primary N) is 2. The van der Waals surface area contributed by atoms with E-state index in [1.54, 1.807) is 12.3 Å². The topological polar surface area (TPSA) is 103 Å². The molecular weight excluding hydrogens is 295 g/mol. The highest BCUT2D eigenvalue weighted by Crippen LogP contribution is 2.25. The molecule has 118 valence electrons. The maximum absolute atomic E-state index is 13.4. The monoisotopic (exact) mass is 312 g/mol. The molecule has 6 nitrogen and oxygen atoms in total. The van der Waals surface area contributed by atoms with Gasteiger partial charge in [-0.3, -0.25) is 0 Å². The molecule has 0 unspecified atom stereocenters. The van der Waals surface area contributed by atoms with Crippen LogP contribution < -0.4 is 16.8 Å². The number of hydrogen-bond donors (Lipinski definition) is 3. The van der Waals surface area contributed by atoms with Crippen LogP contribution in [0.2, 0.25) is 0 Å². The van der Waals surface area contributed by atoms with Crippen LogP contribution in [0.5, 0.6) is 0 Å². The van der Waals surface area contributed by atoms with E-state index in [0.717, 1.165) is 22.4 Å². The van der Waals surface area contributed by atoms with Gasteiger partial charge in [0.25, 0.3) is 0 Å². The lowest BCUT2D eigenvalue weighted by Gasteiger charge is -2.13. The number of benzene rings is 1. The SMILES string of the molecule is Cc1ccc(F)cc1NCc1cnc2nc(N)nc(N)c2c1C. The summed E-state index contributed by atoms with van der Waals surface area (Å²) in [6, 6.07) is 4.64. The minimum Gasteiger partial charge on any atom is -0.383 e. The van der Waals surface area contributed by atoms with E-state index in [1.165, 1.54) is 12.1 Å². The molecule has 0 atom stereocenters. The molecule has 5 N–H and O–H groups in total. The number of pyridine rings is 1. The summed E-state index contributed by atoms with van der Waals surface area (Å²) in [5, 5.41) is 3.91. The fourth-order valence-electron chi connectivity index (χ4n) is 2.49. The van der Waals surface area contributed by atoms with E-state index in [2.05, 4.69) is 20.3 Å². The molecule has 0 spiro atoms. The van der Waals surface area contributed by atoms with Crippen molar-refractivity contribution in [2.24, 2.45) is 0 Å². The first-order valence-electron chi connectivity index (χ1n) is 7.13. The second-order valence-electron chi connectivity index (χ2n) is 5.39. The van der Waals surface area contributed by atoms with Gasteiger partial charge < -0.3 is 16.8 Å². The minimum absolute atomic E-state index is 0.100. The average Bonchev–Trinajstić information content (AvgIpc) is 2.49. The number of nitrogens with zero attached hydrogens (tertiary/aromatic N) is 3. The Morgan fingerprint density at radius 1 is 1.17 bits per heavy atom. The fraction of sp³-hybridized carbons (Fsp3) is 0.188. The highest BCUT2D eigenvalue weighted by atomic mass is 19.1. The van der Waals surface area contributed by atoms with Crippen molar-refractivity contribution in [3.63, 3.8) is 0 Å². The number of anilines is 3. The molecule has 0 radical (unpaired) electrons. The predicted octanol–water partition coefficient (Wildman–Crippen LogP) is 2.56. The largest absolute Gasteiger partial charge is 0.383 e. The standard InChI is InChI=1S/C16H17FN6/c1-8-3-4-11(17)5-12(8)20-6-10-7-21-15-13(9(10)2)14(18)22-16(19)23-15/h3-5,7,20H,6H2,1-2H3,(H4,18,19,21,22,23). The Morgan fingerprint density at radius 2 is 1.96 bits per heavy atom. The van der Waals surface area contributed by atoms with Gasteiger partial charge in [-0.2, -0.15) is 9.97 Å². The van der Waals surface area contributed by atoms with E-state index in [1.807, 2.05) is 13.8 Å². The van der Waals surface area contributed by atoms with Crippen LogP contribution in [0.15, 0.2) is 24.4 Å². The van der Waals surface area contributed by atoms with Crippen LogP contribution in [-0.2, 0) is 6.54 Å². The predicted molar refractivity (Wildman–Crippen MR) is 89.4 cm³/mol. The van der Waals surface area contributed by atoms with Crippen molar-refractivity contribution in [2.45, 2.75) is 20.4 Å². The molecule has 23 heavy (non-hydrogen) atoms. The smallest absolute Gasteiger partial charge is 0.224 e. The summed E-state index contributed by atoms with van der Waals surface area (Å²) >= 11 is 0. The fourth-order valence-corrected chi connectivity index (χ4v) is 2.49. The van der Waals surface area contributed by atoms with E-state index in [4.69, 9.17) is 11.5 Å². The molecule has 7 heteroatoms. The average molecular weight is 312 g/mol. The number of nitrogen functional groups attached to an aromatic ring is 2. The van der Waals surface area contributed by atoms with Gasteiger partial charge in [0, 0.05) is 18.4 Å². The van der Waals surface area contributed by atoms with Crippen LogP contribution in [0.1, 0.15) is 16.7 Å². The molecule has 0 fully saturated rings. The minimum atomic E-state index is -0.278. The molecule has 0 amide bonds. The first-order chi connectivity index (χ1) is 11.0. The van der Waals surface area contributed by atoms with E-state index >= 15 is 0 Å². The van der Waals surface area contributed by atoms with Crippen LogP contribution in [-0.4, -0.2) is 15.0 Å². The van der Waals surface area contributed by atoms with Gasteiger partial charge in [-0.15, -0.1) is 0 Å². The lowest BCUT2D eigenvalue weighted by Crippen LogP contribution is -2.07. The molecule has 3 aromatic rings. The Morgan fingerprint density at radius 3 is 2.74 bits per heavy atom. The van der Waals surface area contributed by atoms with Crippen LogP contribution in [0.3, 0.4) is 0 Å². The Hall–Kier alpha value is -2.96. The number of hydrogen-bond acceptors (Lipinski definition) is 6. The Bertz CT molecular complexity index is 893. The summed E-state index contributed by atoms with van der Waals surface area (Å²) in [6.45, 7) is 4.33. The van der Waals surface area contributed by atoms with Crippen LogP contribution >= 0.6 is 0 Å². The number of nitrogens with one attached hydrogen (secondary N) is 1. The second kappa shape index (κ2) is 5.68. The van der Waals surface area contributed by atoms with Crippen molar-refractivity contribution in [3.8, 4) is 0 Å². The van der Waals surface area contributed by atoms with Crippen molar-refractivity contribution in [3.05, 3.63) is 46.9 Å². The van der Waals surface area contributed by atoms with Crippen LogP contribution in [0.4, 0.5) is 21.8 Å². The van der Waals surface area contributed by atoms with Gasteiger partial charge in [0.1, 0.15) is 11.6 Å². The van der Waals surface area contributed by atoms with Gasteiger partial charge in [0.05, 0.1) is 5.39 Å². The van der Waals surface area contributed by atoms with Crippen molar-refractivity contribution < 1.29 is 4.39 Å². The highest BCUT2D eigenvalue weighted by molar-refractivity contribution is 5.90. The maximum Gasteiger partial charge on any atom is 0.224 e. The highest BCUT2D eigenvalue weighted by Gasteiger charge is 2.11. The van der Waals surface area contributed by atoms with E-state index in [-0.39, 0.29) is 11.8 Å². The van der Waals surface area contributed by atoms with Gasteiger partial charge in [0.2, 0.25) is 5.95 Å². The first kappa shape index (κ1) is 15.0. The summed E-state index contributed by atoms with van der Waals surface area (Å²) in [7, 11) is 0. The Labute approximate surface area is 132 Å². The summed E-state index contributed by atoms with van der Waals surface area (Å²) in [4.78, 5) is 12.4. The number of aromatic nitrogens is 3. The second-order valence-corrected chi connectivity index (χ2v) is 5.39. The normalized spacial score (nSPS) is 10.9. The summed E-state index contributed by atoms with van der Waals surface area (Å²) in [6.07, 6.45) is 1.71. The van der Waals surface area contributed by atoms with Gasteiger partial charge in [-0.05, 0) is 42.7 Å². The molecule has 0 saturated heterocycles. The number of fused-ring (bicyclic) bond motifs is 1. The zero-order valence-corrected chi connectivity index (χ0v) is 12.9. The molecule has 0 aliphatic rings. The molecule has 2 aromatic heterocycles. The van der Waals surface area contributed by atoms with Gasteiger partial charge in [-0.25, -0.2) is 9.37 Å². The summed E-state index contributed by atoms with van der Waals surface area (Å²) < 4.78 is 13.4. The molecule has 3 rings (SSSR count). The third-order valence-corrected chi connectivity index (χ3v) is 3.80. The van der Waals surface area contributed by atoms with Crippen molar-refractivity contribution >= 4 is 28.5 Å². The number of rotatable bonds is 3. The lowest BCUT2D eigenvalue weighted by atomic mass is 10.1. The van der Waals surface area contributed by atoms with Crippen LogP contribution in [0, 0.1) is 19.7 Å². The zero-order valence-electron chi connectivity index (χ0n) is 12.9. The molecule has 0 bridgehead atoms. The van der Waals surface area contributed by atoms with Crippen LogP contribution in [0.25, 0.3) is 11.0 Å². The van der Waals surface area contributed by atoms with Gasteiger partial charge in [0.15, 0.2) is 5.65 Å². The third kappa shape index (κ3) is 2.85. The Balaban J connectivity index is 1.95. The Kier molecular flexibility index (Phi) is 3.69. The third-order valence-electron chi connectivity index (χ3n) is 3.80.